The second-order valence-corrected chi connectivity index (χ2v) is 6.46. The number of ether oxygens (including phenoxy) is 2. The summed E-state index contributed by atoms with van der Waals surface area (Å²) in [5.41, 5.74) is -0.0688. The van der Waals surface area contributed by atoms with Gasteiger partial charge in [-0.3, -0.25) is 0 Å². The zero-order valence-electron chi connectivity index (χ0n) is 11.2. The van der Waals surface area contributed by atoms with E-state index in [9.17, 15) is 13.2 Å². The van der Waals surface area contributed by atoms with Gasteiger partial charge in [-0.25, -0.2) is 13.2 Å². The third kappa shape index (κ3) is 3.92. The van der Waals surface area contributed by atoms with Gasteiger partial charge in [0.25, 0.3) is 0 Å². The van der Waals surface area contributed by atoms with Crippen LogP contribution >= 0.6 is 11.6 Å². The van der Waals surface area contributed by atoms with Crippen LogP contribution in [0.1, 0.15) is 22.8 Å². The number of halogens is 1. The Kier molecular flexibility index (Phi) is 5.52. The number of methoxy groups -OCH3 is 1. The molecule has 8 heteroatoms. The SMILES string of the molecule is COC(C)OCc1c(S(C)(=O)=O)ccc(C(=O)O)c1Cl. The number of hydrogen-bond donors (Lipinski definition) is 1. The molecule has 112 valence electrons. The monoisotopic (exact) mass is 322 g/mol. The maximum atomic E-state index is 11.7. The minimum atomic E-state index is -3.55. The molecular formula is C12H15ClO6S. The van der Waals surface area contributed by atoms with Crippen molar-refractivity contribution in [3.63, 3.8) is 0 Å². The van der Waals surface area contributed by atoms with Crippen LogP contribution in [-0.4, -0.2) is 39.1 Å². The minimum absolute atomic E-state index is 0.0594. The van der Waals surface area contributed by atoms with Crippen LogP contribution in [0.15, 0.2) is 17.0 Å². The van der Waals surface area contributed by atoms with Crippen LogP contribution in [0, 0.1) is 0 Å². The number of sulfone groups is 1. The lowest BCUT2D eigenvalue weighted by atomic mass is 10.1. The van der Waals surface area contributed by atoms with Gasteiger partial charge in [-0.2, -0.15) is 0 Å². The summed E-state index contributed by atoms with van der Waals surface area (Å²) in [6.45, 7) is 1.45. The van der Waals surface area contributed by atoms with Gasteiger partial charge < -0.3 is 14.6 Å². The summed E-state index contributed by atoms with van der Waals surface area (Å²) in [5.74, 6) is -1.24. The Bertz CT molecular complexity index is 611. The largest absolute Gasteiger partial charge is 0.478 e. The van der Waals surface area contributed by atoms with Gasteiger partial charge in [-0.1, -0.05) is 11.6 Å². The van der Waals surface area contributed by atoms with Crippen molar-refractivity contribution < 1.29 is 27.8 Å². The van der Waals surface area contributed by atoms with E-state index >= 15 is 0 Å². The number of rotatable bonds is 6. The van der Waals surface area contributed by atoms with Crippen LogP contribution < -0.4 is 0 Å². The number of carboxylic acid groups (broad SMARTS) is 1. The summed E-state index contributed by atoms with van der Waals surface area (Å²) in [7, 11) is -2.12. The quantitative estimate of drug-likeness (QED) is 0.805. The predicted molar refractivity (Wildman–Crippen MR) is 72.8 cm³/mol. The summed E-state index contributed by atoms with van der Waals surface area (Å²) in [5, 5.41) is 8.86. The number of carboxylic acids is 1. The Morgan fingerprint density at radius 3 is 2.50 bits per heavy atom. The van der Waals surface area contributed by atoms with Crippen molar-refractivity contribution in [1.29, 1.82) is 0 Å². The molecule has 0 aromatic heterocycles. The van der Waals surface area contributed by atoms with E-state index in [1.165, 1.54) is 13.2 Å². The summed E-state index contributed by atoms with van der Waals surface area (Å²) in [4.78, 5) is 11.0. The van der Waals surface area contributed by atoms with E-state index in [1.54, 1.807) is 6.92 Å². The van der Waals surface area contributed by atoms with Crippen molar-refractivity contribution in [2.75, 3.05) is 13.4 Å². The molecule has 1 rings (SSSR count). The molecule has 0 fully saturated rings. The van der Waals surface area contributed by atoms with Crippen LogP contribution in [-0.2, 0) is 25.9 Å². The predicted octanol–water partition coefficient (Wildman–Crippen LogP) is 1.95. The second kappa shape index (κ2) is 6.53. The molecule has 0 bridgehead atoms. The fourth-order valence-corrected chi connectivity index (χ4v) is 2.80. The van der Waals surface area contributed by atoms with E-state index in [-0.39, 0.29) is 27.7 Å². The smallest absolute Gasteiger partial charge is 0.337 e. The lowest BCUT2D eigenvalue weighted by Crippen LogP contribution is -2.13. The van der Waals surface area contributed by atoms with E-state index in [2.05, 4.69) is 0 Å². The Morgan fingerprint density at radius 1 is 1.45 bits per heavy atom. The summed E-state index contributed by atoms with van der Waals surface area (Å²) >= 11 is 5.98. The topological polar surface area (TPSA) is 89.9 Å². The van der Waals surface area contributed by atoms with Crippen LogP contribution in [0.4, 0.5) is 0 Å². The molecule has 1 N–H and O–H groups in total. The van der Waals surface area contributed by atoms with Crippen molar-refractivity contribution in [2.45, 2.75) is 24.7 Å². The fraction of sp³-hybridized carbons (Fsp3) is 0.417. The molecule has 0 radical (unpaired) electrons. The number of benzene rings is 1. The average molecular weight is 323 g/mol. The molecule has 0 saturated carbocycles. The number of hydrogen-bond acceptors (Lipinski definition) is 5. The molecule has 0 aliphatic carbocycles. The molecule has 1 aromatic rings. The standard InChI is InChI=1S/C12H15ClO6S/c1-7(18-2)19-6-9-10(20(3,16)17)5-4-8(11(9)13)12(14)15/h4-5,7H,6H2,1-3H3,(H,14,15). The van der Waals surface area contributed by atoms with E-state index in [1.807, 2.05) is 0 Å². The normalized spacial score (nSPS) is 13.2. The van der Waals surface area contributed by atoms with Crippen molar-refractivity contribution in [3.8, 4) is 0 Å². The molecule has 0 saturated heterocycles. The molecule has 20 heavy (non-hydrogen) atoms. The molecule has 0 spiro atoms. The average Bonchev–Trinajstić information content (AvgIpc) is 2.34. The Balaban J connectivity index is 3.34. The third-order valence-electron chi connectivity index (χ3n) is 2.62. The van der Waals surface area contributed by atoms with E-state index < -0.39 is 22.1 Å². The van der Waals surface area contributed by atoms with Gasteiger partial charge in [0, 0.05) is 18.9 Å². The Morgan fingerprint density at radius 2 is 2.05 bits per heavy atom. The van der Waals surface area contributed by atoms with Gasteiger partial charge in [0.05, 0.1) is 22.1 Å². The van der Waals surface area contributed by atoms with Crippen LogP contribution in [0.25, 0.3) is 0 Å². The number of carbonyl (C=O) groups is 1. The van der Waals surface area contributed by atoms with Crippen LogP contribution in [0.5, 0.6) is 0 Å². The van der Waals surface area contributed by atoms with Gasteiger partial charge in [0.15, 0.2) is 16.1 Å². The maximum Gasteiger partial charge on any atom is 0.337 e. The van der Waals surface area contributed by atoms with Gasteiger partial charge in [-0.15, -0.1) is 0 Å². The minimum Gasteiger partial charge on any atom is -0.478 e. The zero-order valence-corrected chi connectivity index (χ0v) is 12.8. The highest BCUT2D eigenvalue weighted by atomic mass is 35.5. The Hall–Kier alpha value is -1.15. The molecule has 1 aromatic carbocycles. The molecule has 0 aliphatic heterocycles. The van der Waals surface area contributed by atoms with E-state index in [0.29, 0.717) is 0 Å². The maximum absolute atomic E-state index is 11.7. The van der Waals surface area contributed by atoms with Gasteiger partial charge in [0.1, 0.15) is 0 Å². The molecule has 0 aliphatic rings. The Labute approximate surface area is 122 Å². The molecule has 0 amide bonds. The lowest BCUT2D eigenvalue weighted by Gasteiger charge is -2.15. The van der Waals surface area contributed by atoms with Crippen molar-refractivity contribution in [2.24, 2.45) is 0 Å². The van der Waals surface area contributed by atoms with Crippen LogP contribution in [0.3, 0.4) is 0 Å². The van der Waals surface area contributed by atoms with Gasteiger partial charge in [-0.05, 0) is 19.1 Å². The summed E-state index contributed by atoms with van der Waals surface area (Å²) in [6, 6.07) is 2.37. The highest BCUT2D eigenvalue weighted by Crippen LogP contribution is 2.29. The van der Waals surface area contributed by atoms with Crippen LogP contribution in [0.2, 0.25) is 5.02 Å². The van der Waals surface area contributed by atoms with E-state index in [4.69, 9.17) is 26.2 Å². The van der Waals surface area contributed by atoms with Crippen molar-refractivity contribution in [1.82, 2.24) is 0 Å². The first-order valence-electron chi connectivity index (χ1n) is 5.57. The van der Waals surface area contributed by atoms with Crippen molar-refractivity contribution >= 4 is 27.4 Å². The number of aromatic carboxylic acids is 1. The highest BCUT2D eigenvalue weighted by Gasteiger charge is 2.22. The molecule has 1 unspecified atom stereocenters. The fourth-order valence-electron chi connectivity index (χ4n) is 1.52. The lowest BCUT2D eigenvalue weighted by molar-refractivity contribution is -0.119. The summed E-state index contributed by atoms with van der Waals surface area (Å²) < 4.78 is 33.6. The highest BCUT2D eigenvalue weighted by molar-refractivity contribution is 7.90. The first kappa shape index (κ1) is 16.9. The van der Waals surface area contributed by atoms with Crippen molar-refractivity contribution in [3.05, 3.63) is 28.3 Å². The molecule has 0 heterocycles. The first-order valence-corrected chi connectivity index (χ1v) is 7.84. The summed E-state index contributed by atoms with van der Waals surface area (Å²) in [6.07, 6.45) is 0.439. The second-order valence-electron chi connectivity index (χ2n) is 4.10. The van der Waals surface area contributed by atoms with E-state index in [0.717, 1.165) is 12.3 Å². The zero-order chi connectivity index (χ0) is 15.5. The first-order chi connectivity index (χ1) is 9.18. The van der Waals surface area contributed by atoms with Gasteiger partial charge >= 0.3 is 5.97 Å². The third-order valence-corrected chi connectivity index (χ3v) is 4.24. The molecule has 6 nitrogen and oxygen atoms in total. The van der Waals surface area contributed by atoms with Gasteiger partial charge in [0.2, 0.25) is 0 Å². The molecule has 1 atom stereocenters. The molecular weight excluding hydrogens is 308 g/mol.